The lowest BCUT2D eigenvalue weighted by molar-refractivity contribution is 0.00285. The smallest absolute Gasteiger partial charge is 0.207 e. The summed E-state index contributed by atoms with van der Waals surface area (Å²) in [6.07, 6.45) is 5.48. The first-order valence-corrected chi connectivity index (χ1v) is 19.9. The predicted molar refractivity (Wildman–Crippen MR) is 192 cm³/mol. The molecule has 1 saturated carbocycles. The van der Waals surface area contributed by atoms with Crippen LogP contribution >= 0.6 is 21.6 Å². The Morgan fingerprint density at radius 1 is 0.918 bits per heavy atom. The van der Waals surface area contributed by atoms with Crippen LogP contribution in [0, 0.1) is 5.92 Å². The summed E-state index contributed by atoms with van der Waals surface area (Å²) in [6.45, 7) is 2.22. The van der Waals surface area contributed by atoms with E-state index in [4.69, 9.17) is 18.9 Å². The lowest BCUT2D eigenvalue weighted by atomic mass is 9.71. The van der Waals surface area contributed by atoms with Crippen LogP contribution in [0.3, 0.4) is 0 Å². The van der Waals surface area contributed by atoms with Crippen LogP contribution in [0.4, 0.5) is 0 Å². The zero-order valence-corrected chi connectivity index (χ0v) is 29.7. The number of hydrogen-bond donors (Lipinski definition) is 5. The fourth-order valence-electron chi connectivity index (χ4n) is 8.11. The average molecular weight is 711 g/mol. The molecule has 0 aromatic heterocycles. The molecule has 0 saturated heterocycles. The molecule has 5 atom stereocenters. The molecule has 2 aliphatic heterocycles. The SMILES string of the molecule is COc1c(O)c(OC2CCCC2)cc(C2Oc3cc(OCCO)c4c5c3C(CSSCCC(C)CCC(C5)c3cc(O)ccc3-4)C2O)c1O. The summed E-state index contributed by atoms with van der Waals surface area (Å²) in [7, 11) is 4.93. The summed E-state index contributed by atoms with van der Waals surface area (Å²) in [6, 6.07) is 8.94. The van der Waals surface area contributed by atoms with E-state index in [0.29, 0.717) is 29.6 Å². The van der Waals surface area contributed by atoms with Crippen molar-refractivity contribution in [1.82, 2.24) is 0 Å². The summed E-state index contributed by atoms with van der Waals surface area (Å²) in [4.78, 5) is 0. The third kappa shape index (κ3) is 6.59. The maximum atomic E-state index is 12.3. The van der Waals surface area contributed by atoms with Crippen LogP contribution in [-0.2, 0) is 6.42 Å². The molecule has 0 amide bonds. The van der Waals surface area contributed by atoms with Gasteiger partial charge in [-0.1, -0.05) is 41.0 Å². The van der Waals surface area contributed by atoms with Crippen LogP contribution < -0.4 is 18.9 Å². The second-order valence-electron chi connectivity index (χ2n) is 13.8. The Hall–Kier alpha value is -3.12. The van der Waals surface area contributed by atoms with Crippen molar-refractivity contribution in [2.24, 2.45) is 5.92 Å². The third-order valence-electron chi connectivity index (χ3n) is 10.7. The highest BCUT2D eigenvalue weighted by molar-refractivity contribution is 8.76. The number of fused-ring (bicyclic) bond motifs is 4. The minimum atomic E-state index is -1.06. The van der Waals surface area contributed by atoms with Crippen molar-refractivity contribution in [2.45, 2.75) is 88.4 Å². The first kappa shape index (κ1) is 34.3. The molecule has 2 bridgehead atoms. The van der Waals surface area contributed by atoms with E-state index in [1.54, 1.807) is 22.9 Å². The van der Waals surface area contributed by atoms with E-state index in [0.717, 1.165) is 78.5 Å². The van der Waals surface area contributed by atoms with Gasteiger partial charge in [0, 0.05) is 40.2 Å². The molecule has 0 radical (unpaired) electrons. The minimum absolute atomic E-state index is 0.0621. The standard InChI is InChI=1S/C38H46O9S2/c1-20-7-8-21-15-26-32(24-10-9-22(40)16-25(21)24)29(45-13-12-39)18-30-33(26)28(19-49-48-14-11-20)35(42)37(47-30)27-17-31(46-23-5-3-4-6-23)36(43)38(44-2)34(27)41/h9-10,16-18,20-21,23,28,35,37,39-43H,3-8,11-15,19H2,1-2H3. The normalized spacial score (nSPS) is 25.3. The molecule has 264 valence electrons. The largest absolute Gasteiger partial charge is 0.508 e. The highest BCUT2D eigenvalue weighted by Gasteiger charge is 2.45. The monoisotopic (exact) mass is 710 g/mol. The Bertz CT molecular complexity index is 1670. The first-order chi connectivity index (χ1) is 23.8. The molecule has 1 fully saturated rings. The Morgan fingerprint density at radius 3 is 2.51 bits per heavy atom. The Labute approximate surface area is 295 Å². The maximum Gasteiger partial charge on any atom is 0.207 e. The number of methoxy groups -OCH3 is 1. The van der Waals surface area contributed by atoms with Crippen LogP contribution in [-0.4, -0.2) is 69.6 Å². The van der Waals surface area contributed by atoms with Gasteiger partial charge in [-0.2, -0.15) is 0 Å². The van der Waals surface area contributed by atoms with E-state index in [1.165, 1.54) is 7.11 Å². The molecule has 3 aromatic carbocycles. The predicted octanol–water partition coefficient (Wildman–Crippen LogP) is 7.59. The average Bonchev–Trinajstić information content (AvgIpc) is 3.61. The molecular weight excluding hydrogens is 665 g/mol. The Morgan fingerprint density at radius 2 is 1.73 bits per heavy atom. The molecule has 11 heteroatoms. The number of phenolic OH excluding ortho intramolecular Hbond substituents is 3. The number of aliphatic hydroxyl groups is 2. The topological polar surface area (TPSA) is 138 Å². The van der Waals surface area contributed by atoms with Gasteiger partial charge in [-0.15, -0.1) is 0 Å². The summed E-state index contributed by atoms with van der Waals surface area (Å²) < 4.78 is 24.6. The number of phenols is 3. The molecule has 5 N–H and O–H groups in total. The van der Waals surface area contributed by atoms with Gasteiger partial charge in [0.25, 0.3) is 0 Å². The second-order valence-corrected chi connectivity index (χ2v) is 16.4. The van der Waals surface area contributed by atoms with E-state index in [1.807, 2.05) is 29.0 Å². The fourth-order valence-corrected chi connectivity index (χ4v) is 10.7. The molecule has 3 aromatic rings. The summed E-state index contributed by atoms with van der Waals surface area (Å²) in [5, 5.41) is 55.2. The summed E-state index contributed by atoms with van der Waals surface area (Å²) in [5.41, 5.74) is 5.20. The number of rotatable bonds is 7. The zero-order chi connectivity index (χ0) is 34.2. The molecule has 2 aliphatic carbocycles. The molecule has 2 heterocycles. The van der Waals surface area contributed by atoms with Crippen molar-refractivity contribution >= 4 is 21.6 Å². The summed E-state index contributed by atoms with van der Waals surface area (Å²) >= 11 is 0. The van der Waals surface area contributed by atoms with E-state index in [9.17, 15) is 25.5 Å². The van der Waals surface area contributed by atoms with Gasteiger partial charge in [-0.25, -0.2) is 0 Å². The number of benzene rings is 3. The van der Waals surface area contributed by atoms with Crippen molar-refractivity contribution in [3.63, 3.8) is 0 Å². The number of ether oxygens (including phenoxy) is 4. The van der Waals surface area contributed by atoms with E-state index < -0.39 is 12.2 Å². The second kappa shape index (κ2) is 14.6. The van der Waals surface area contributed by atoms with Crippen LogP contribution in [0.25, 0.3) is 11.1 Å². The number of hydrogen-bond acceptors (Lipinski definition) is 11. The van der Waals surface area contributed by atoms with E-state index >= 15 is 0 Å². The molecule has 9 nitrogen and oxygen atoms in total. The first-order valence-electron chi connectivity index (χ1n) is 17.4. The van der Waals surface area contributed by atoms with Crippen LogP contribution in [0.2, 0.25) is 0 Å². The van der Waals surface area contributed by atoms with Crippen molar-refractivity contribution in [3.8, 4) is 51.4 Å². The number of aliphatic hydroxyl groups excluding tert-OH is 2. The van der Waals surface area contributed by atoms with Gasteiger partial charge in [0.05, 0.1) is 19.8 Å². The fraction of sp³-hybridized carbons (Fsp3) is 0.526. The highest BCUT2D eigenvalue weighted by atomic mass is 33.1. The Balaban J connectivity index is 1.40. The quantitative estimate of drug-likeness (QED) is 0.155. The van der Waals surface area contributed by atoms with Crippen molar-refractivity contribution < 1.29 is 44.5 Å². The highest BCUT2D eigenvalue weighted by Crippen LogP contribution is 2.58. The molecule has 4 aliphatic rings. The van der Waals surface area contributed by atoms with E-state index in [-0.39, 0.29) is 65.5 Å². The van der Waals surface area contributed by atoms with Crippen LogP contribution in [0.15, 0.2) is 30.3 Å². The zero-order valence-electron chi connectivity index (χ0n) is 28.0. The molecule has 7 rings (SSSR count). The van der Waals surface area contributed by atoms with Gasteiger partial charge >= 0.3 is 0 Å². The molecule has 0 spiro atoms. The van der Waals surface area contributed by atoms with Gasteiger partial charge in [-0.05, 0) is 91.7 Å². The van der Waals surface area contributed by atoms with E-state index in [2.05, 4.69) is 6.92 Å². The summed E-state index contributed by atoms with van der Waals surface area (Å²) in [5.74, 6) is 2.71. The van der Waals surface area contributed by atoms with Gasteiger partial charge in [0.2, 0.25) is 11.5 Å². The van der Waals surface area contributed by atoms with Crippen molar-refractivity contribution in [1.29, 1.82) is 0 Å². The third-order valence-corrected chi connectivity index (χ3v) is 13.1. The lowest BCUT2D eigenvalue weighted by Gasteiger charge is -2.41. The van der Waals surface area contributed by atoms with Crippen molar-refractivity contribution in [2.75, 3.05) is 31.8 Å². The van der Waals surface area contributed by atoms with Gasteiger partial charge in [0.15, 0.2) is 17.6 Å². The minimum Gasteiger partial charge on any atom is -0.508 e. The number of aromatic hydroxyl groups is 3. The molecule has 5 unspecified atom stereocenters. The Kier molecular flexibility index (Phi) is 10.2. The molecule has 49 heavy (non-hydrogen) atoms. The van der Waals surface area contributed by atoms with Gasteiger partial charge in [0.1, 0.15) is 30.0 Å². The van der Waals surface area contributed by atoms with Crippen LogP contribution in [0.5, 0.6) is 40.2 Å². The molecular formula is C38H46O9S2. The maximum absolute atomic E-state index is 12.3. The van der Waals surface area contributed by atoms with Gasteiger partial charge < -0.3 is 44.5 Å². The van der Waals surface area contributed by atoms with Crippen molar-refractivity contribution in [3.05, 3.63) is 52.6 Å². The lowest BCUT2D eigenvalue weighted by Crippen LogP contribution is -2.37. The van der Waals surface area contributed by atoms with Gasteiger partial charge in [-0.3, -0.25) is 0 Å². The van der Waals surface area contributed by atoms with Crippen LogP contribution in [0.1, 0.15) is 92.1 Å².